The molecular weight excluding hydrogens is 146 g/mol. The van der Waals surface area contributed by atoms with Gasteiger partial charge in [0, 0.05) is 12.3 Å². The fraction of sp³-hybridized carbons (Fsp3) is 0.857. The molecule has 0 aromatic rings. The Morgan fingerprint density at radius 1 is 1.40 bits per heavy atom. The van der Waals surface area contributed by atoms with Gasteiger partial charge in [0.1, 0.15) is 5.78 Å². The van der Waals surface area contributed by atoms with Gasteiger partial charge in [-0.25, -0.2) is 0 Å². The second kappa shape index (κ2) is 7.33. The Kier molecular flexibility index (Phi) is 10.4. The molecule has 0 aromatic heterocycles. The Hall–Kier alpha value is 1.67. The Balaban J connectivity index is -0.0000000800. The van der Waals surface area contributed by atoms with Crippen LogP contribution >= 0.6 is 0 Å². The van der Waals surface area contributed by atoms with E-state index < -0.39 is 0 Å². The zero-order valence-electron chi connectivity index (χ0n) is 9.31. The van der Waals surface area contributed by atoms with Crippen LogP contribution in [-0.2, 0) is 4.79 Å². The van der Waals surface area contributed by atoms with E-state index in [0.29, 0.717) is 11.7 Å². The molecule has 0 aromatic carbocycles. The first-order chi connectivity index (χ1) is 3.80. The van der Waals surface area contributed by atoms with E-state index in [1.165, 1.54) is 6.42 Å². The first-order valence-corrected chi connectivity index (χ1v) is 3.33. The van der Waals surface area contributed by atoms with Crippen LogP contribution in [0.1, 0.15) is 35.5 Å². The standard InChI is InChI=1S/C7H12O.2Na.2H/c1-6-4-2-3-5-7(6)8;;;;/h6H,2-5H2,1H3;;;;/q;2*+1;2*-1. The molecule has 10 heavy (non-hydrogen) atoms. The fourth-order valence-electron chi connectivity index (χ4n) is 1.16. The monoisotopic (exact) mass is 160 g/mol. The molecule has 0 heterocycles. The fourth-order valence-corrected chi connectivity index (χ4v) is 1.16. The molecule has 1 aliphatic carbocycles. The minimum Gasteiger partial charge on any atom is -1.00 e. The van der Waals surface area contributed by atoms with Gasteiger partial charge in [-0.15, -0.1) is 0 Å². The van der Waals surface area contributed by atoms with E-state index in [-0.39, 0.29) is 62.0 Å². The van der Waals surface area contributed by atoms with Crippen LogP contribution in [0.4, 0.5) is 0 Å². The number of hydrogen-bond donors (Lipinski definition) is 0. The van der Waals surface area contributed by atoms with E-state index in [2.05, 4.69) is 0 Å². The third-order valence-corrected chi connectivity index (χ3v) is 1.86. The first-order valence-electron chi connectivity index (χ1n) is 3.33. The van der Waals surface area contributed by atoms with Gasteiger partial charge >= 0.3 is 59.1 Å². The molecule has 1 rings (SSSR count). The van der Waals surface area contributed by atoms with Crippen molar-refractivity contribution in [3.8, 4) is 0 Å². The molecule has 1 aliphatic rings. The smallest absolute Gasteiger partial charge is 1.00 e. The van der Waals surface area contributed by atoms with Gasteiger partial charge < -0.3 is 2.85 Å². The van der Waals surface area contributed by atoms with Crippen LogP contribution in [0.25, 0.3) is 0 Å². The summed E-state index contributed by atoms with van der Waals surface area (Å²) < 4.78 is 0. The summed E-state index contributed by atoms with van der Waals surface area (Å²) in [6, 6.07) is 0. The van der Waals surface area contributed by atoms with Gasteiger partial charge in [0.25, 0.3) is 0 Å². The average Bonchev–Trinajstić information content (AvgIpc) is 1.77. The van der Waals surface area contributed by atoms with Crippen molar-refractivity contribution in [1.29, 1.82) is 0 Å². The van der Waals surface area contributed by atoms with Crippen LogP contribution in [-0.4, -0.2) is 5.78 Å². The molecular formula is C7H14Na2O. The second-order valence-electron chi connectivity index (χ2n) is 2.61. The summed E-state index contributed by atoms with van der Waals surface area (Å²) in [6.45, 7) is 2.03. The Labute approximate surface area is 110 Å². The number of hydrogen-bond acceptors (Lipinski definition) is 1. The molecule has 0 spiro atoms. The summed E-state index contributed by atoms with van der Waals surface area (Å²) in [4.78, 5) is 10.8. The average molecular weight is 160 g/mol. The minimum atomic E-state index is 0. The quantitative estimate of drug-likeness (QED) is 0.330. The third kappa shape index (κ3) is 4.53. The topological polar surface area (TPSA) is 17.1 Å². The number of ketones is 1. The van der Waals surface area contributed by atoms with Gasteiger partial charge in [-0.3, -0.25) is 4.79 Å². The molecule has 1 nitrogen and oxygen atoms in total. The van der Waals surface area contributed by atoms with Crippen molar-refractivity contribution in [2.75, 3.05) is 0 Å². The number of Topliss-reactive ketones (excluding diaryl/α,β-unsaturated/α-hetero) is 1. The van der Waals surface area contributed by atoms with Crippen LogP contribution in [0, 0.1) is 5.92 Å². The van der Waals surface area contributed by atoms with Crippen molar-refractivity contribution >= 4 is 5.78 Å². The van der Waals surface area contributed by atoms with Crippen molar-refractivity contribution in [3.63, 3.8) is 0 Å². The van der Waals surface area contributed by atoms with E-state index in [9.17, 15) is 4.79 Å². The number of carbonyl (C=O) groups is 1. The van der Waals surface area contributed by atoms with Crippen LogP contribution < -0.4 is 59.1 Å². The van der Waals surface area contributed by atoms with Crippen LogP contribution in [0.2, 0.25) is 0 Å². The maximum atomic E-state index is 10.8. The molecule has 0 amide bonds. The summed E-state index contributed by atoms with van der Waals surface area (Å²) in [5, 5.41) is 0. The van der Waals surface area contributed by atoms with Gasteiger partial charge in [0.2, 0.25) is 0 Å². The Morgan fingerprint density at radius 2 is 2.00 bits per heavy atom. The molecule has 50 valence electrons. The van der Waals surface area contributed by atoms with Crippen LogP contribution in [0.5, 0.6) is 0 Å². The predicted octanol–water partition coefficient (Wildman–Crippen LogP) is -4.00. The van der Waals surface area contributed by atoms with Crippen LogP contribution in [0.3, 0.4) is 0 Å². The van der Waals surface area contributed by atoms with E-state index in [1.54, 1.807) is 0 Å². The van der Waals surface area contributed by atoms with Gasteiger partial charge in [-0.05, 0) is 12.8 Å². The van der Waals surface area contributed by atoms with E-state index in [4.69, 9.17) is 0 Å². The molecule has 0 N–H and O–H groups in total. The molecule has 1 unspecified atom stereocenters. The molecule has 0 radical (unpaired) electrons. The maximum absolute atomic E-state index is 10.8. The van der Waals surface area contributed by atoms with Crippen molar-refractivity contribution < 1.29 is 66.8 Å². The van der Waals surface area contributed by atoms with Crippen molar-refractivity contribution in [1.82, 2.24) is 0 Å². The molecule has 1 saturated carbocycles. The van der Waals surface area contributed by atoms with Crippen molar-refractivity contribution in [2.45, 2.75) is 32.6 Å². The molecule has 3 heteroatoms. The van der Waals surface area contributed by atoms with Gasteiger partial charge in [-0.1, -0.05) is 13.3 Å². The van der Waals surface area contributed by atoms with Crippen LogP contribution in [0.15, 0.2) is 0 Å². The SMILES string of the molecule is CC1CCCCC1=O.[H-].[H-].[Na+].[Na+]. The van der Waals surface area contributed by atoms with E-state index in [1.807, 2.05) is 6.92 Å². The molecule has 0 saturated heterocycles. The first kappa shape index (κ1) is 14.2. The molecule has 1 atom stereocenters. The summed E-state index contributed by atoms with van der Waals surface area (Å²) in [5.74, 6) is 0.833. The van der Waals surface area contributed by atoms with Gasteiger partial charge in [0.05, 0.1) is 0 Å². The summed E-state index contributed by atoms with van der Waals surface area (Å²) in [7, 11) is 0. The van der Waals surface area contributed by atoms with E-state index in [0.717, 1.165) is 19.3 Å². The normalized spacial score (nSPS) is 24.5. The van der Waals surface area contributed by atoms with Crippen molar-refractivity contribution in [2.24, 2.45) is 5.92 Å². The summed E-state index contributed by atoms with van der Waals surface area (Å²) in [5.41, 5.74) is 0. The van der Waals surface area contributed by atoms with Crippen molar-refractivity contribution in [3.05, 3.63) is 0 Å². The molecule has 1 fully saturated rings. The zero-order chi connectivity index (χ0) is 5.98. The largest absolute Gasteiger partial charge is 1.00 e. The minimum absolute atomic E-state index is 0. The maximum Gasteiger partial charge on any atom is 1.00 e. The summed E-state index contributed by atoms with van der Waals surface area (Å²) >= 11 is 0. The third-order valence-electron chi connectivity index (χ3n) is 1.86. The van der Waals surface area contributed by atoms with E-state index >= 15 is 0 Å². The summed E-state index contributed by atoms with van der Waals surface area (Å²) in [6.07, 6.45) is 4.34. The Bertz CT molecular complexity index is 112. The Morgan fingerprint density at radius 3 is 2.30 bits per heavy atom. The second-order valence-corrected chi connectivity index (χ2v) is 2.61. The number of rotatable bonds is 0. The number of carbonyl (C=O) groups excluding carboxylic acids is 1. The predicted molar refractivity (Wildman–Crippen MR) is 34.9 cm³/mol. The van der Waals surface area contributed by atoms with Gasteiger partial charge in [-0.2, -0.15) is 0 Å². The molecule has 0 bridgehead atoms. The van der Waals surface area contributed by atoms with Gasteiger partial charge in [0.15, 0.2) is 0 Å². The molecule has 0 aliphatic heterocycles. The zero-order valence-corrected chi connectivity index (χ0v) is 11.3.